The van der Waals surface area contributed by atoms with Gasteiger partial charge in [0.05, 0.1) is 17.4 Å². The van der Waals surface area contributed by atoms with Crippen molar-refractivity contribution in [1.29, 1.82) is 0 Å². The molecule has 3 aromatic heterocycles. The molecular weight excluding hydrogens is 412 g/mol. The lowest BCUT2D eigenvalue weighted by Gasteiger charge is -1.97. The van der Waals surface area contributed by atoms with Crippen LogP contribution in [0.1, 0.15) is 0 Å². The van der Waals surface area contributed by atoms with Crippen LogP contribution in [0.5, 0.6) is 0 Å². The van der Waals surface area contributed by atoms with Crippen LogP contribution >= 0.6 is 0 Å². The smallest absolute Gasteiger partial charge is 0.227 e. The van der Waals surface area contributed by atoms with Gasteiger partial charge in [0.25, 0.3) is 0 Å². The molecule has 0 aliphatic heterocycles. The van der Waals surface area contributed by atoms with Crippen LogP contribution in [0.2, 0.25) is 0 Å². The van der Waals surface area contributed by atoms with Gasteiger partial charge in [0.2, 0.25) is 11.8 Å². The Morgan fingerprint density at radius 3 is 1.52 bits per heavy atom. The predicted octanol–water partition coefficient (Wildman–Crippen LogP) is 6.87. The van der Waals surface area contributed by atoms with E-state index in [2.05, 4.69) is 19.9 Å². The number of H-pyrrole nitrogens is 1. The number of nitrogens with one attached hydrogen (secondary N) is 1. The van der Waals surface area contributed by atoms with E-state index in [1.807, 2.05) is 97.1 Å². The van der Waals surface area contributed by atoms with Crippen LogP contribution in [0.15, 0.2) is 112 Å². The lowest BCUT2D eigenvalue weighted by molar-refractivity contribution is 0.617. The summed E-state index contributed by atoms with van der Waals surface area (Å²) in [6, 6.07) is 31.3. The third-order valence-electron chi connectivity index (χ3n) is 5.29. The molecule has 0 saturated heterocycles. The molecule has 0 fully saturated rings. The summed E-state index contributed by atoms with van der Waals surface area (Å²) >= 11 is 0. The molecule has 0 unspecified atom stereocenters. The van der Waals surface area contributed by atoms with Gasteiger partial charge in [-0.15, -0.1) is 0 Å². The van der Waals surface area contributed by atoms with Crippen LogP contribution in [0, 0.1) is 0 Å². The highest BCUT2D eigenvalue weighted by atomic mass is 16.4. The summed E-state index contributed by atoms with van der Waals surface area (Å²) in [5, 5.41) is 0. The van der Waals surface area contributed by atoms with E-state index >= 15 is 0 Å². The van der Waals surface area contributed by atoms with Crippen LogP contribution in [-0.4, -0.2) is 19.9 Å². The Morgan fingerprint density at radius 2 is 1.00 bits per heavy atom. The van der Waals surface area contributed by atoms with Crippen LogP contribution < -0.4 is 0 Å². The summed E-state index contributed by atoms with van der Waals surface area (Å²) in [4.78, 5) is 16.1. The first kappa shape index (κ1) is 19.0. The van der Waals surface area contributed by atoms with Gasteiger partial charge in [0.1, 0.15) is 11.0 Å². The zero-order valence-corrected chi connectivity index (χ0v) is 17.5. The molecule has 7 rings (SSSR count). The van der Waals surface area contributed by atoms with E-state index in [0.29, 0.717) is 11.8 Å². The maximum atomic E-state index is 5.80. The predicted molar refractivity (Wildman–Crippen MR) is 129 cm³/mol. The molecule has 1 N–H and O–H groups in total. The summed E-state index contributed by atoms with van der Waals surface area (Å²) in [5.41, 5.74) is 7.25. The van der Waals surface area contributed by atoms with Crippen molar-refractivity contribution in [2.24, 2.45) is 0 Å². The molecule has 158 valence electrons. The van der Waals surface area contributed by atoms with Gasteiger partial charge >= 0.3 is 0 Å². The molecule has 7 aromatic rings. The van der Waals surface area contributed by atoms with Crippen LogP contribution in [-0.2, 0) is 0 Å². The number of benzene rings is 4. The highest BCUT2D eigenvalue weighted by molar-refractivity contribution is 5.78. The Labute approximate surface area is 188 Å². The molecule has 0 aliphatic rings. The Bertz CT molecular complexity index is 1490. The van der Waals surface area contributed by atoms with Gasteiger partial charge in [-0.3, -0.25) is 0 Å². The van der Waals surface area contributed by atoms with Gasteiger partial charge < -0.3 is 13.8 Å². The normalized spacial score (nSPS) is 11.0. The molecule has 33 heavy (non-hydrogen) atoms. The van der Waals surface area contributed by atoms with Gasteiger partial charge in [0, 0.05) is 11.1 Å². The van der Waals surface area contributed by atoms with Crippen molar-refractivity contribution >= 4 is 33.2 Å². The van der Waals surface area contributed by atoms with Crippen molar-refractivity contribution in [3.05, 3.63) is 103 Å². The minimum Gasteiger partial charge on any atom is -0.436 e. The minimum atomic E-state index is 0.611. The Morgan fingerprint density at radius 1 is 0.515 bits per heavy atom. The number of para-hydroxylation sites is 6. The van der Waals surface area contributed by atoms with Crippen LogP contribution in [0.25, 0.3) is 56.1 Å². The van der Waals surface area contributed by atoms with E-state index in [-0.39, 0.29) is 0 Å². The number of aromatic amines is 1. The lowest BCUT2D eigenvalue weighted by Crippen LogP contribution is -1.80. The molecule has 4 aromatic carbocycles. The lowest BCUT2D eigenvalue weighted by atomic mass is 10.1. The van der Waals surface area contributed by atoms with Gasteiger partial charge in [-0.05, 0) is 60.7 Å². The molecule has 0 saturated carbocycles. The van der Waals surface area contributed by atoms with Gasteiger partial charge in [0.15, 0.2) is 11.2 Å². The standard InChI is InChI=1S/C20H12N2O2.C7H6N2/c1-3-7-17-15(5-1)21-19(23-17)13-9-11-14(12-10-13)20-22-16-6-2-4-8-18(16)24-20;1-2-4-7-6(3-1)8-5-9-7/h1-12H;1-5H,(H,8,9). The van der Waals surface area contributed by atoms with Crippen molar-refractivity contribution in [3.63, 3.8) is 0 Å². The van der Waals surface area contributed by atoms with E-state index in [4.69, 9.17) is 8.83 Å². The van der Waals surface area contributed by atoms with Crippen LogP contribution in [0.3, 0.4) is 0 Å². The molecule has 6 nitrogen and oxygen atoms in total. The van der Waals surface area contributed by atoms with Crippen molar-refractivity contribution in [1.82, 2.24) is 19.9 Å². The second-order valence-electron chi connectivity index (χ2n) is 7.47. The fourth-order valence-electron chi connectivity index (χ4n) is 3.63. The summed E-state index contributed by atoms with van der Waals surface area (Å²) in [6.45, 7) is 0. The van der Waals surface area contributed by atoms with Crippen molar-refractivity contribution < 1.29 is 8.83 Å². The number of nitrogens with zero attached hydrogens (tertiary/aromatic N) is 3. The second kappa shape index (κ2) is 8.09. The molecule has 0 bridgehead atoms. The monoisotopic (exact) mass is 430 g/mol. The van der Waals surface area contributed by atoms with Gasteiger partial charge in [-0.2, -0.15) is 0 Å². The third kappa shape index (κ3) is 3.74. The highest BCUT2D eigenvalue weighted by Gasteiger charge is 2.10. The third-order valence-corrected chi connectivity index (χ3v) is 5.29. The molecule has 0 aliphatic carbocycles. The maximum Gasteiger partial charge on any atom is 0.227 e. The van der Waals surface area contributed by atoms with Crippen LogP contribution in [0.4, 0.5) is 0 Å². The van der Waals surface area contributed by atoms with Crippen molar-refractivity contribution in [3.8, 4) is 22.9 Å². The molecule has 0 radical (unpaired) electrons. The number of hydrogen-bond donors (Lipinski definition) is 1. The first-order valence-corrected chi connectivity index (χ1v) is 10.5. The second-order valence-corrected chi connectivity index (χ2v) is 7.47. The number of aromatic nitrogens is 4. The van der Waals surface area contributed by atoms with E-state index in [1.165, 1.54) is 0 Å². The highest BCUT2D eigenvalue weighted by Crippen LogP contribution is 2.28. The minimum absolute atomic E-state index is 0.611. The Balaban J connectivity index is 0.000000192. The molecule has 6 heteroatoms. The zero-order chi connectivity index (χ0) is 22.0. The summed E-state index contributed by atoms with van der Waals surface area (Å²) < 4.78 is 11.6. The first-order chi connectivity index (χ1) is 16.3. The van der Waals surface area contributed by atoms with E-state index < -0.39 is 0 Å². The van der Waals surface area contributed by atoms with Gasteiger partial charge in [-0.25, -0.2) is 15.0 Å². The first-order valence-electron chi connectivity index (χ1n) is 10.5. The fourth-order valence-corrected chi connectivity index (χ4v) is 3.63. The average Bonchev–Trinajstić information content (AvgIpc) is 3.62. The molecule has 0 spiro atoms. The fraction of sp³-hybridized carbons (Fsp3) is 0. The summed E-state index contributed by atoms with van der Waals surface area (Å²) in [5.74, 6) is 1.22. The SMILES string of the molecule is c1ccc2[nH]cnc2c1.c1ccc2oc(-c3ccc(-c4nc5ccccc5o4)cc3)nc2c1. The number of rotatable bonds is 2. The van der Waals surface area contributed by atoms with Crippen molar-refractivity contribution in [2.45, 2.75) is 0 Å². The zero-order valence-electron chi connectivity index (χ0n) is 17.5. The number of imidazole rings is 1. The topological polar surface area (TPSA) is 80.7 Å². The summed E-state index contributed by atoms with van der Waals surface area (Å²) in [6.07, 6.45) is 1.70. The van der Waals surface area contributed by atoms with E-state index in [0.717, 1.165) is 44.4 Å². The molecule has 0 atom stereocenters. The van der Waals surface area contributed by atoms with Gasteiger partial charge in [-0.1, -0.05) is 36.4 Å². The Hall–Kier alpha value is -4.71. The number of hydrogen-bond acceptors (Lipinski definition) is 5. The largest absolute Gasteiger partial charge is 0.436 e. The number of fused-ring (bicyclic) bond motifs is 3. The van der Waals surface area contributed by atoms with E-state index in [1.54, 1.807) is 6.33 Å². The average molecular weight is 430 g/mol. The van der Waals surface area contributed by atoms with E-state index in [9.17, 15) is 0 Å². The Kier molecular flexibility index (Phi) is 4.66. The maximum absolute atomic E-state index is 5.80. The molecule has 3 heterocycles. The van der Waals surface area contributed by atoms with Crippen molar-refractivity contribution in [2.75, 3.05) is 0 Å². The molecule has 0 amide bonds. The molecular formula is C27H18N4O2. The summed E-state index contributed by atoms with van der Waals surface area (Å²) in [7, 11) is 0. The number of oxazole rings is 2. The quantitative estimate of drug-likeness (QED) is 0.324.